The van der Waals surface area contributed by atoms with Crippen LogP contribution in [0, 0.1) is 5.92 Å². The van der Waals surface area contributed by atoms with E-state index in [0.717, 1.165) is 61.0 Å². The number of ether oxygens (including phenoxy) is 1. The molecule has 0 radical (unpaired) electrons. The summed E-state index contributed by atoms with van der Waals surface area (Å²) >= 11 is 0. The highest BCUT2D eigenvalue weighted by molar-refractivity contribution is 6.06. The number of nitrogens with zero attached hydrogens (tertiary/aromatic N) is 2. The van der Waals surface area contributed by atoms with E-state index < -0.39 is 11.8 Å². The predicted octanol–water partition coefficient (Wildman–Crippen LogP) is 9.14. The molecule has 1 saturated carbocycles. The Kier molecular flexibility index (Phi) is 9.88. The maximum Gasteiger partial charge on any atom is 0.573 e. The Hall–Kier alpha value is -3.22. The van der Waals surface area contributed by atoms with E-state index in [-0.39, 0.29) is 11.5 Å². The van der Waals surface area contributed by atoms with Gasteiger partial charge in [-0.2, -0.15) is 4.58 Å². The van der Waals surface area contributed by atoms with Crippen molar-refractivity contribution in [3.05, 3.63) is 66.3 Å². The zero-order valence-electron chi connectivity index (χ0n) is 24.6. The molecule has 4 rings (SSSR count). The topological polar surface area (TPSA) is 35.7 Å². The Morgan fingerprint density at radius 1 is 1.07 bits per heavy atom. The van der Waals surface area contributed by atoms with Gasteiger partial charge in [0, 0.05) is 54.5 Å². The fourth-order valence-electron chi connectivity index (χ4n) is 6.60. The Bertz CT molecular complexity index is 1270. The van der Waals surface area contributed by atoms with Crippen LogP contribution in [0.1, 0.15) is 83.3 Å². The average molecular weight is 570 g/mol. The summed E-state index contributed by atoms with van der Waals surface area (Å²) in [6.45, 7) is 12.6. The Morgan fingerprint density at radius 3 is 2.44 bits per heavy atom. The van der Waals surface area contributed by atoms with E-state index in [0.29, 0.717) is 12.0 Å². The predicted molar refractivity (Wildman–Crippen MR) is 162 cm³/mol. The van der Waals surface area contributed by atoms with Crippen LogP contribution in [0.5, 0.6) is 11.5 Å². The largest absolute Gasteiger partial charge is 0.573 e. The number of allylic oxidation sites excluding steroid dienone is 2. The standard InChI is InChI=1S/C34H43F3N2O2/c1-5-21-33(4)29-24-28(41-34(35,36)37)18-19-30(29)39(22-11-10-14-25-12-8-9-13-25)32(33)20-16-26-15-17-27(23-31(26)40)38(6-2)7-3/h5,15-20,23-25H,1,6-14,21-22H2,2-4H3/p+1. The monoisotopic (exact) mass is 569 g/mol. The molecule has 1 aliphatic carbocycles. The molecular weight excluding hydrogens is 525 g/mol. The Labute approximate surface area is 242 Å². The van der Waals surface area contributed by atoms with E-state index in [4.69, 9.17) is 0 Å². The summed E-state index contributed by atoms with van der Waals surface area (Å²) < 4.78 is 45.8. The van der Waals surface area contributed by atoms with Crippen molar-refractivity contribution in [1.29, 1.82) is 0 Å². The molecule has 41 heavy (non-hydrogen) atoms. The summed E-state index contributed by atoms with van der Waals surface area (Å²) in [6, 6.07) is 10.4. The quantitative estimate of drug-likeness (QED) is 0.148. The first-order chi connectivity index (χ1) is 19.6. The van der Waals surface area contributed by atoms with E-state index in [1.807, 2.05) is 37.3 Å². The molecule has 0 bridgehead atoms. The number of alkyl halides is 3. The van der Waals surface area contributed by atoms with Gasteiger partial charge in [-0.25, -0.2) is 0 Å². The number of halogens is 3. The lowest BCUT2D eigenvalue weighted by Gasteiger charge is -2.22. The Morgan fingerprint density at radius 2 is 1.80 bits per heavy atom. The molecule has 0 saturated heterocycles. The smallest absolute Gasteiger partial charge is 0.507 e. The van der Waals surface area contributed by atoms with Crippen LogP contribution in [0.15, 0.2) is 55.1 Å². The molecule has 1 heterocycles. The first-order valence-corrected chi connectivity index (χ1v) is 15.0. The molecule has 1 fully saturated rings. The molecule has 0 amide bonds. The number of fused-ring (bicyclic) bond motifs is 1. The van der Waals surface area contributed by atoms with Crippen molar-refractivity contribution < 1.29 is 27.6 Å². The van der Waals surface area contributed by atoms with E-state index in [2.05, 4.69) is 34.6 Å². The number of aromatic hydroxyl groups is 1. The fourth-order valence-corrected chi connectivity index (χ4v) is 6.60. The van der Waals surface area contributed by atoms with Crippen molar-refractivity contribution in [3.63, 3.8) is 0 Å². The SMILES string of the molecule is C=CCC1(C)C(C=Cc2ccc(N(CC)CC)cc2O)=[N+](CCCCC2CCCC2)c2ccc(OC(F)(F)F)cc21. The van der Waals surface area contributed by atoms with Crippen LogP contribution in [-0.4, -0.2) is 41.4 Å². The van der Waals surface area contributed by atoms with Gasteiger partial charge in [-0.1, -0.05) is 38.2 Å². The van der Waals surface area contributed by atoms with Gasteiger partial charge >= 0.3 is 6.36 Å². The zero-order valence-corrected chi connectivity index (χ0v) is 24.6. The lowest BCUT2D eigenvalue weighted by atomic mass is 9.76. The third kappa shape index (κ3) is 7.17. The van der Waals surface area contributed by atoms with Crippen molar-refractivity contribution in [2.75, 3.05) is 24.5 Å². The first-order valence-electron chi connectivity index (χ1n) is 15.0. The molecule has 1 aliphatic heterocycles. The molecule has 1 atom stereocenters. The molecule has 0 spiro atoms. The lowest BCUT2D eigenvalue weighted by molar-refractivity contribution is -0.438. The zero-order chi connectivity index (χ0) is 29.6. The van der Waals surface area contributed by atoms with Gasteiger partial charge in [0.1, 0.15) is 18.0 Å². The highest BCUT2D eigenvalue weighted by Crippen LogP contribution is 2.45. The first kappa shape index (κ1) is 30.7. The number of hydrogen-bond donors (Lipinski definition) is 1. The van der Waals surface area contributed by atoms with Crippen molar-refractivity contribution in [2.24, 2.45) is 5.92 Å². The van der Waals surface area contributed by atoms with Gasteiger partial charge in [0.25, 0.3) is 0 Å². The van der Waals surface area contributed by atoms with Gasteiger partial charge in [-0.15, -0.1) is 19.8 Å². The van der Waals surface area contributed by atoms with Crippen LogP contribution >= 0.6 is 0 Å². The molecule has 2 aromatic rings. The van der Waals surface area contributed by atoms with Gasteiger partial charge in [-0.05, 0) is 69.9 Å². The van der Waals surface area contributed by atoms with Crippen LogP contribution in [0.3, 0.4) is 0 Å². The number of unbranched alkanes of at least 4 members (excludes halogenated alkanes) is 1. The van der Waals surface area contributed by atoms with Crippen molar-refractivity contribution in [3.8, 4) is 11.5 Å². The minimum Gasteiger partial charge on any atom is -0.507 e. The van der Waals surface area contributed by atoms with E-state index >= 15 is 0 Å². The Balaban J connectivity index is 1.70. The third-order valence-electron chi connectivity index (χ3n) is 8.78. The highest BCUT2D eigenvalue weighted by Gasteiger charge is 2.47. The summed E-state index contributed by atoms with van der Waals surface area (Å²) in [4.78, 5) is 2.17. The van der Waals surface area contributed by atoms with Gasteiger partial charge < -0.3 is 14.7 Å². The molecule has 2 aliphatic rings. The number of rotatable bonds is 13. The summed E-state index contributed by atoms with van der Waals surface area (Å²) in [5, 5.41) is 10.9. The summed E-state index contributed by atoms with van der Waals surface area (Å²) in [7, 11) is 0. The molecule has 222 valence electrons. The number of anilines is 1. The number of phenols is 1. The maximum atomic E-state index is 13.1. The minimum absolute atomic E-state index is 0.191. The van der Waals surface area contributed by atoms with E-state index in [9.17, 15) is 18.3 Å². The van der Waals surface area contributed by atoms with Crippen LogP contribution in [-0.2, 0) is 5.41 Å². The molecule has 0 aromatic heterocycles. The highest BCUT2D eigenvalue weighted by atomic mass is 19.4. The van der Waals surface area contributed by atoms with E-state index in [1.54, 1.807) is 12.1 Å². The van der Waals surface area contributed by atoms with Crippen molar-refractivity contribution in [2.45, 2.75) is 83.9 Å². The lowest BCUT2D eigenvalue weighted by Crippen LogP contribution is -2.31. The molecular formula is C34H44F3N2O2+. The average Bonchev–Trinajstić information content (AvgIpc) is 3.51. The van der Waals surface area contributed by atoms with Gasteiger partial charge in [-0.3, -0.25) is 0 Å². The third-order valence-corrected chi connectivity index (χ3v) is 8.78. The molecule has 7 heteroatoms. The maximum absolute atomic E-state index is 13.1. The number of phenolic OH excluding ortho intramolecular Hbond substituents is 1. The van der Waals surface area contributed by atoms with Crippen LogP contribution in [0.25, 0.3) is 6.08 Å². The van der Waals surface area contributed by atoms with Crippen LogP contribution < -0.4 is 9.64 Å². The van der Waals surface area contributed by atoms with Gasteiger partial charge in [0.2, 0.25) is 5.69 Å². The molecule has 4 nitrogen and oxygen atoms in total. The summed E-state index contributed by atoms with van der Waals surface area (Å²) in [5.74, 6) is 0.790. The fraction of sp³-hybridized carbons (Fsp3) is 0.500. The second kappa shape index (κ2) is 13.2. The molecule has 1 N–H and O–H groups in total. The second-order valence-corrected chi connectivity index (χ2v) is 11.5. The molecule has 2 aromatic carbocycles. The second-order valence-electron chi connectivity index (χ2n) is 11.5. The van der Waals surface area contributed by atoms with Crippen molar-refractivity contribution in [1.82, 2.24) is 0 Å². The number of hydrogen-bond acceptors (Lipinski definition) is 3. The van der Waals surface area contributed by atoms with Crippen LogP contribution in [0.4, 0.5) is 24.5 Å². The van der Waals surface area contributed by atoms with Gasteiger partial charge in [0.15, 0.2) is 5.71 Å². The number of benzene rings is 2. The summed E-state index contributed by atoms with van der Waals surface area (Å²) in [6.07, 6.45) is 10.1. The van der Waals surface area contributed by atoms with Gasteiger partial charge in [0.05, 0.1) is 5.41 Å². The van der Waals surface area contributed by atoms with Crippen LogP contribution in [0.2, 0.25) is 0 Å². The normalized spacial score (nSPS) is 19.3. The van der Waals surface area contributed by atoms with Crippen molar-refractivity contribution >= 4 is 23.2 Å². The molecule has 1 unspecified atom stereocenters. The minimum atomic E-state index is -4.76. The summed E-state index contributed by atoms with van der Waals surface area (Å²) in [5.41, 5.74) is 3.70. The van der Waals surface area contributed by atoms with E-state index in [1.165, 1.54) is 44.2 Å².